The number of carbonyl (C=O) groups excluding carboxylic acids is 1. The smallest absolute Gasteiger partial charge is 0.263 e. The first-order chi connectivity index (χ1) is 12.2. The van der Waals surface area contributed by atoms with Crippen molar-refractivity contribution in [2.24, 2.45) is 0 Å². The Balaban J connectivity index is 1.51. The number of nitrogens with zero attached hydrogens (tertiary/aromatic N) is 2. The Hall–Kier alpha value is -1.75. The van der Waals surface area contributed by atoms with E-state index in [1.165, 1.54) is 32.1 Å². The zero-order valence-corrected chi connectivity index (χ0v) is 15.4. The lowest BCUT2D eigenvalue weighted by Gasteiger charge is -2.41. The van der Waals surface area contributed by atoms with Crippen LogP contribution < -0.4 is 9.47 Å². The molecule has 3 rings (SSSR count). The molecule has 0 bridgehead atoms. The first-order valence-electron chi connectivity index (χ1n) is 9.51. The summed E-state index contributed by atoms with van der Waals surface area (Å²) in [5.41, 5.74) is 0. The Morgan fingerprint density at radius 1 is 1.04 bits per heavy atom. The van der Waals surface area contributed by atoms with E-state index in [1.54, 1.807) is 7.11 Å². The topological polar surface area (TPSA) is 42.0 Å². The average molecular weight is 346 g/mol. The van der Waals surface area contributed by atoms with Gasteiger partial charge in [-0.3, -0.25) is 9.69 Å². The highest BCUT2D eigenvalue weighted by Crippen LogP contribution is 2.27. The standard InChI is InChI=1S/C20H30N2O3/c1-16(25-19-11-7-6-10-18(19)24-2)20(23)22-14-12-21(13-15-22)17-8-4-3-5-9-17/h6-7,10-11,16-17H,3-5,8-9,12-15H2,1-2H3. The second-order valence-electron chi connectivity index (χ2n) is 7.06. The van der Waals surface area contributed by atoms with E-state index < -0.39 is 6.10 Å². The molecule has 1 saturated heterocycles. The zero-order valence-electron chi connectivity index (χ0n) is 15.4. The number of para-hydroxylation sites is 2. The van der Waals surface area contributed by atoms with Gasteiger partial charge in [-0.05, 0) is 31.9 Å². The predicted molar refractivity (Wildman–Crippen MR) is 98.1 cm³/mol. The zero-order chi connectivity index (χ0) is 17.6. The van der Waals surface area contributed by atoms with Crippen LogP contribution in [0.4, 0.5) is 0 Å². The maximum absolute atomic E-state index is 12.7. The van der Waals surface area contributed by atoms with Crippen molar-refractivity contribution < 1.29 is 14.3 Å². The van der Waals surface area contributed by atoms with Gasteiger partial charge in [0.05, 0.1) is 7.11 Å². The third-order valence-electron chi connectivity index (χ3n) is 5.44. The molecule has 1 unspecified atom stereocenters. The summed E-state index contributed by atoms with van der Waals surface area (Å²) in [4.78, 5) is 17.2. The Labute approximate surface area is 150 Å². The SMILES string of the molecule is COc1ccccc1OC(C)C(=O)N1CCN(C2CCCCC2)CC1. The van der Waals surface area contributed by atoms with Gasteiger partial charge in [0, 0.05) is 32.2 Å². The fourth-order valence-corrected chi connectivity index (χ4v) is 3.97. The molecule has 1 heterocycles. The summed E-state index contributed by atoms with van der Waals surface area (Å²) < 4.78 is 11.2. The molecule has 1 atom stereocenters. The van der Waals surface area contributed by atoms with Gasteiger partial charge in [-0.25, -0.2) is 0 Å². The maximum Gasteiger partial charge on any atom is 0.263 e. The van der Waals surface area contributed by atoms with Gasteiger partial charge in [0.1, 0.15) is 0 Å². The first-order valence-corrected chi connectivity index (χ1v) is 9.51. The fourth-order valence-electron chi connectivity index (χ4n) is 3.97. The van der Waals surface area contributed by atoms with Gasteiger partial charge in [-0.1, -0.05) is 31.4 Å². The minimum atomic E-state index is -0.502. The Morgan fingerprint density at radius 3 is 2.32 bits per heavy atom. The third kappa shape index (κ3) is 4.46. The number of benzene rings is 1. The highest BCUT2D eigenvalue weighted by atomic mass is 16.5. The number of ether oxygens (including phenoxy) is 2. The Kier molecular flexibility index (Phi) is 6.19. The second-order valence-corrected chi connectivity index (χ2v) is 7.06. The van der Waals surface area contributed by atoms with Crippen LogP contribution in [0, 0.1) is 0 Å². The number of rotatable bonds is 5. The molecule has 1 saturated carbocycles. The molecule has 0 aromatic heterocycles. The Morgan fingerprint density at radius 2 is 1.68 bits per heavy atom. The molecule has 2 fully saturated rings. The second kappa shape index (κ2) is 8.56. The van der Waals surface area contributed by atoms with Crippen LogP contribution in [-0.4, -0.2) is 61.1 Å². The number of amides is 1. The van der Waals surface area contributed by atoms with Crippen LogP contribution in [-0.2, 0) is 4.79 Å². The molecule has 1 aromatic rings. The lowest BCUT2D eigenvalue weighted by Crippen LogP contribution is -2.54. The highest BCUT2D eigenvalue weighted by Gasteiger charge is 2.29. The van der Waals surface area contributed by atoms with Crippen molar-refractivity contribution in [3.8, 4) is 11.5 Å². The van der Waals surface area contributed by atoms with Crippen LogP contribution >= 0.6 is 0 Å². The van der Waals surface area contributed by atoms with Crippen molar-refractivity contribution in [2.45, 2.75) is 51.2 Å². The predicted octanol–water partition coefficient (Wildman–Crippen LogP) is 2.94. The van der Waals surface area contributed by atoms with Gasteiger partial charge in [0.25, 0.3) is 5.91 Å². The largest absolute Gasteiger partial charge is 0.493 e. The summed E-state index contributed by atoms with van der Waals surface area (Å²) >= 11 is 0. The highest BCUT2D eigenvalue weighted by molar-refractivity contribution is 5.81. The average Bonchev–Trinajstić information content (AvgIpc) is 2.68. The molecule has 2 aliphatic rings. The number of hydrogen-bond acceptors (Lipinski definition) is 4. The van der Waals surface area contributed by atoms with Crippen molar-refractivity contribution in [1.82, 2.24) is 9.80 Å². The monoisotopic (exact) mass is 346 g/mol. The lowest BCUT2D eigenvalue weighted by molar-refractivity contribution is -0.140. The minimum absolute atomic E-state index is 0.0641. The normalized spacial score (nSPS) is 21.0. The number of methoxy groups -OCH3 is 1. The van der Waals surface area contributed by atoms with Crippen LogP contribution in [0.15, 0.2) is 24.3 Å². The maximum atomic E-state index is 12.7. The number of piperazine rings is 1. The van der Waals surface area contributed by atoms with Crippen LogP contribution in [0.3, 0.4) is 0 Å². The summed E-state index contributed by atoms with van der Waals surface area (Å²) in [6.45, 7) is 5.39. The van der Waals surface area contributed by atoms with E-state index in [4.69, 9.17) is 9.47 Å². The molecule has 25 heavy (non-hydrogen) atoms. The molecule has 1 amide bonds. The number of carbonyl (C=O) groups is 1. The van der Waals surface area contributed by atoms with Crippen LogP contribution in [0.25, 0.3) is 0 Å². The van der Waals surface area contributed by atoms with Gasteiger partial charge >= 0.3 is 0 Å². The molecule has 1 aliphatic heterocycles. The van der Waals surface area contributed by atoms with Gasteiger partial charge in [0.15, 0.2) is 17.6 Å². The molecular weight excluding hydrogens is 316 g/mol. The van der Waals surface area contributed by atoms with E-state index in [9.17, 15) is 4.79 Å². The molecule has 0 spiro atoms. The molecule has 0 radical (unpaired) electrons. The van der Waals surface area contributed by atoms with Gasteiger partial charge in [-0.2, -0.15) is 0 Å². The minimum Gasteiger partial charge on any atom is -0.493 e. The first kappa shape index (κ1) is 18.1. The summed E-state index contributed by atoms with van der Waals surface area (Å²) in [5, 5.41) is 0. The molecular formula is C20H30N2O3. The van der Waals surface area contributed by atoms with E-state index in [2.05, 4.69) is 4.90 Å². The summed E-state index contributed by atoms with van der Waals surface area (Å²) in [6, 6.07) is 8.19. The van der Waals surface area contributed by atoms with E-state index in [-0.39, 0.29) is 5.91 Å². The lowest BCUT2D eigenvalue weighted by atomic mass is 9.94. The van der Waals surface area contributed by atoms with Gasteiger partial charge in [0.2, 0.25) is 0 Å². The number of hydrogen-bond donors (Lipinski definition) is 0. The van der Waals surface area contributed by atoms with E-state index in [1.807, 2.05) is 36.1 Å². The summed E-state index contributed by atoms with van der Waals surface area (Å²) in [7, 11) is 1.61. The van der Waals surface area contributed by atoms with Crippen LogP contribution in [0.5, 0.6) is 11.5 Å². The van der Waals surface area contributed by atoms with Crippen molar-refractivity contribution >= 4 is 5.91 Å². The van der Waals surface area contributed by atoms with E-state index >= 15 is 0 Å². The summed E-state index contributed by atoms with van der Waals surface area (Å²) in [6.07, 6.45) is 6.23. The van der Waals surface area contributed by atoms with E-state index in [0.717, 1.165) is 32.2 Å². The van der Waals surface area contributed by atoms with Gasteiger partial charge in [-0.15, -0.1) is 0 Å². The van der Waals surface area contributed by atoms with Crippen molar-refractivity contribution in [1.29, 1.82) is 0 Å². The summed E-state index contributed by atoms with van der Waals surface area (Å²) in [5.74, 6) is 1.34. The van der Waals surface area contributed by atoms with E-state index in [0.29, 0.717) is 11.5 Å². The fraction of sp³-hybridized carbons (Fsp3) is 0.650. The van der Waals surface area contributed by atoms with Crippen molar-refractivity contribution in [3.63, 3.8) is 0 Å². The molecule has 1 aliphatic carbocycles. The molecule has 1 aromatic carbocycles. The molecule has 5 nitrogen and oxygen atoms in total. The van der Waals surface area contributed by atoms with Gasteiger partial charge < -0.3 is 14.4 Å². The molecule has 5 heteroatoms. The van der Waals surface area contributed by atoms with Crippen LogP contribution in [0.2, 0.25) is 0 Å². The molecule has 138 valence electrons. The third-order valence-corrected chi connectivity index (χ3v) is 5.44. The molecule has 0 N–H and O–H groups in total. The van der Waals surface area contributed by atoms with Crippen molar-refractivity contribution in [2.75, 3.05) is 33.3 Å². The Bertz CT molecular complexity index is 564. The van der Waals surface area contributed by atoms with Crippen LogP contribution in [0.1, 0.15) is 39.0 Å². The quantitative estimate of drug-likeness (QED) is 0.822. The van der Waals surface area contributed by atoms with Crippen molar-refractivity contribution in [3.05, 3.63) is 24.3 Å².